The summed E-state index contributed by atoms with van der Waals surface area (Å²) in [6.45, 7) is -0.750. The molecule has 0 aliphatic heterocycles. The second kappa shape index (κ2) is 88.5. The normalized spacial score (nSPS) is 6.22. The zero-order valence-corrected chi connectivity index (χ0v) is 10.7. The Kier molecular flexibility index (Phi) is 169. The first-order valence-corrected chi connectivity index (χ1v) is 1.26. The molecule has 0 saturated heterocycles. The summed E-state index contributed by atoms with van der Waals surface area (Å²) in [5, 5.41) is 28.7. The first-order valence-electron chi connectivity index (χ1n) is 2.68. The third-order valence-electron chi connectivity index (χ3n) is 0. The van der Waals surface area contributed by atoms with Gasteiger partial charge in [0.2, 0.25) is 0 Å². The molecule has 0 heterocycles. The van der Waals surface area contributed by atoms with Gasteiger partial charge in [0.1, 0.15) is 6.79 Å². The van der Waals surface area contributed by atoms with E-state index in [1.807, 2.05) is 0 Å². The van der Waals surface area contributed by atoms with Gasteiger partial charge in [-0.25, -0.2) is 0 Å². The molecule has 0 aromatic rings. The summed E-state index contributed by atoms with van der Waals surface area (Å²) in [4.78, 5) is 0. The zero-order chi connectivity index (χ0) is 8.12. The average Bonchev–Trinajstić information content (AvgIpc) is 1.70. The fourth-order valence-corrected chi connectivity index (χ4v) is 0. The van der Waals surface area contributed by atoms with Crippen LogP contribution in [-0.4, -0.2) is 41.4 Å². The molecule has 2 radical (unpaired) electrons. The monoisotopic (exact) mass is 294 g/mol. The second-order valence-corrected chi connectivity index (χ2v) is 0.141. The third-order valence-corrected chi connectivity index (χ3v) is 0. The van der Waals surface area contributed by atoms with E-state index >= 15 is 0 Å². The Morgan fingerprint density at radius 2 is 1.11 bits per heavy atom. The minimum Gasteiger partial charge on any atom is -0.400 e. The topological polar surface area (TPSA) is 80.9 Å². The maximum absolute atomic E-state index is 7.24. The number of hydrogen-bond donors (Lipinski definition) is 4. The summed E-state index contributed by atoms with van der Waals surface area (Å²) < 4.78 is 11.5. The summed E-state index contributed by atoms with van der Waals surface area (Å²) in [6, 6.07) is 0. The van der Waals surface area contributed by atoms with Gasteiger partial charge in [-0.05, 0) is 0 Å². The fraction of sp³-hybridized carbons (Fsp3) is 1.00. The van der Waals surface area contributed by atoms with E-state index in [1.54, 1.807) is 0 Å². The second-order valence-electron chi connectivity index (χ2n) is 0.141. The van der Waals surface area contributed by atoms with Crippen molar-refractivity contribution in [3.8, 4) is 0 Å². The standard InChI is InChI=1S/CH4O2.2CH4O.2Y/c2-1-3;2*1-2;;/h2-3H,1H2;2*2H,1H3;;/i;2*1T;;. The maximum atomic E-state index is 7.24. The van der Waals surface area contributed by atoms with Gasteiger partial charge in [0.05, 0.1) is 2.74 Å². The Morgan fingerprint density at radius 3 is 1.11 bits per heavy atom. The van der Waals surface area contributed by atoms with Crippen molar-refractivity contribution in [2.75, 3.05) is 21.0 Å². The Morgan fingerprint density at radius 1 is 1.11 bits per heavy atom. The molecule has 0 aromatic heterocycles. The van der Waals surface area contributed by atoms with Gasteiger partial charge in [-0.15, -0.1) is 0 Å². The largest absolute Gasteiger partial charge is 0.400 e. The predicted molar refractivity (Wildman–Crippen MR) is 25.6 cm³/mol. The predicted octanol–water partition coefficient (Wildman–Crippen LogP) is -1.86. The van der Waals surface area contributed by atoms with Gasteiger partial charge in [-0.2, -0.15) is 0 Å². The SMILES string of the molecule is OCO.[3H]CO.[3H]CO.[Y].[Y]. The van der Waals surface area contributed by atoms with Crippen molar-refractivity contribution in [3.63, 3.8) is 0 Å². The Labute approximate surface area is 108 Å². The Bertz CT molecular complexity index is 26.1. The van der Waals surface area contributed by atoms with E-state index in [-0.39, 0.29) is 65.4 Å². The van der Waals surface area contributed by atoms with E-state index in [2.05, 4.69) is 0 Å². The fourth-order valence-electron chi connectivity index (χ4n) is 0. The molecule has 6 heteroatoms. The minimum atomic E-state index is -0.750. The molecule has 0 fully saturated rings. The molecule has 0 aromatic carbocycles. The molecule has 0 aliphatic rings. The minimum absolute atomic E-state index is 0. The van der Waals surface area contributed by atoms with Crippen LogP contribution < -0.4 is 0 Å². The van der Waals surface area contributed by atoms with Crippen LogP contribution >= 0.6 is 0 Å². The molecule has 4 N–H and O–H groups in total. The van der Waals surface area contributed by atoms with Crippen LogP contribution in [0, 0.1) is 0 Å². The van der Waals surface area contributed by atoms with Crippen LogP contribution in [0.15, 0.2) is 0 Å². The molecule has 0 spiro atoms. The summed E-state index contributed by atoms with van der Waals surface area (Å²) >= 11 is 0. The molecule has 0 aliphatic carbocycles. The smallest absolute Gasteiger partial charge is 0.140 e. The van der Waals surface area contributed by atoms with E-state index in [0.29, 0.717) is 0 Å². The summed E-state index contributed by atoms with van der Waals surface area (Å²) in [5.41, 5.74) is 0. The van der Waals surface area contributed by atoms with Crippen LogP contribution in [0.4, 0.5) is 0 Å². The number of hydrogen-bond acceptors (Lipinski definition) is 4. The zero-order valence-electron chi connectivity index (χ0n) is 7.06. The van der Waals surface area contributed by atoms with E-state index in [9.17, 15) is 0 Å². The molecule has 9 heavy (non-hydrogen) atoms. The van der Waals surface area contributed by atoms with Crippen molar-refractivity contribution >= 4 is 0 Å². The quantitative estimate of drug-likeness (QED) is 0.395. The van der Waals surface area contributed by atoms with Crippen LogP contribution in [-0.2, 0) is 65.4 Å². The van der Waals surface area contributed by atoms with E-state index in [1.165, 1.54) is 0 Å². The van der Waals surface area contributed by atoms with Crippen LogP contribution in [0.1, 0.15) is 2.74 Å². The average molecular weight is 294 g/mol. The van der Waals surface area contributed by atoms with Crippen molar-refractivity contribution in [1.82, 2.24) is 0 Å². The van der Waals surface area contributed by atoms with Crippen LogP contribution in [0.5, 0.6) is 0 Å². The molecule has 0 saturated carbocycles. The van der Waals surface area contributed by atoms with Gasteiger partial charge in [0, 0.05) is 79.6 Å². The number of rotatable bonds is 0. The van der Waals surface area contributed by atoms with E-state index in [4.69, 9.17) is 23.2 Å². The molecule has 0 unspecified atom stereocenters. The molecular weight excluding hydrogens is 278 g/mol. The van der Waals surface area contributed by atoms with Crippen LogP contribution in [0.25, 0.3) is 0 Å². The maximum Gasteiger partial charge on any atom is 0.140 e. The van der Waals surface area contributed by atoms with Crippen molar-refractivity contribution < 1.29 is 88.6 Å². The molecule has 0 rings (SSSR count). The van der Waals surface area contributed by atoms with Crippen molar-refractivity contribution in [1.29, 1.82) is 0 Å². The molecule has 0 bridgehead atoms. The Balaban J connectivity index is -0.0000000150. The molecule has 0 atom stereocenters. The van der Waals surface area contributed by atoms with Gasteiger partial charge in [0.15, 0.2) is 0 Å². The molecular formula is C3H12O4Y2. The van der Waals surface area contributed by atoms with E-state index < -0.39 is 21.0 Å². The van der Waals surface area contributed by atoms with Crippen molar-refractivity contribution in [3.05, 3.63) is 0 Å². The van der Waals surface area contributed by atoms with Crippen molar-refractivity contribution in [2.24, 2.45) is 0 Å². The summed E-state index contributed by atoms with van der Waals surface area (Å²) in [5.74, 6) is 0. The van der Waals surface area contributed by atoms with Crippen LogP contribution in [0.3, 0.4) is 0 Å². The summed E-state index contributed by atoms with van der Waals surface area (Å²) in [7, 11) is -1.00. The van der Waals surface area contributed by atoms with Crippen LogP contribution in [0.2, 0.25) is 0 Å². The van der Waals surface area contributed by atoms with E-state index in [0.717, 1.165) is 0 Å². The van der Waals surface area contributed by atoms with Gasteiger partial charge >= 0.3 is 0 Å². The molecule has 0 amide bonds. The molecule has 54 valence electrons. The summed E-state index contributed by atoms with van der Waals surface area (Å²) in [6.07, 6.45) is 0. The molecule has 4 nitrogen and oxygen atoms in total. The number of aliphatic hydroxyl groups is 4. The van der Waals surface area contributed by atoms with Gasteiger partial charge in [-0.3, -0.25) is 0 Å². The number of aliphatic hydroxyl groups excluding tert-OH is 3. The first kappa shape index (κ1) is 17.2. The van der Waals surface area contributed by atoms with Crippen molar-refractivity contribution in [2.45, 2.75) is 0 Å². The van der Waals surface area contributed by atoms with Gasteiger partial charge in [0.25, 0.3) is 0 Å². The first-order chi connectivity index (χ1) is 4.24. The van der Waals surface area contributed by atoms with Gasteiger partial charge < -0.3 is 20.4 Å². The third kappa shape index (κ3) is 155. The van der Waals surface area contributed by atoms with Gasteiger partial charge in [-0.1, -0.05) is 0 Å². The Hall–Kier alpha value is 2.05.